The molecule has 0 radical (unpaired) electrons. The maximum absolute atomic E-state index is 12.5. The Kier molecular flexibility index (Phi) is 4.26. The second-order valence-electron chi connectivity index (χ2n) is 6.00. The van der Waals surface area contributed by atoms with E-state index in [2.05, 4.69) is 4.18 Å². The summed E-state index contributed by atoms with van der Waals surface area (Å²) in [4.78, 5) is 12.0. The van der Waals surface area contributed by atoms with Crippen LogP contribution in [0.2, 0.25) is 0 Å². The van der Waals surface area contributed by atoms with Gasteiger partial charge in [0.25, 0.3) is 0 Å². The summed E-state index contributed by atoms with van der Waals surface area (Å²) in [5.41, 5.74) is -4.68. The van der Waals surface area contributed by atoms with Crippen LogP contribution in [-0.2, 0) is 33.2 Å². The standard InChI is InChI=1S/C15H17F3O4S/c1-4-9-7-10-5-6-13(19)14(2,3)11(10)8-12(9)22-23(20,21)15(16,17)18/h7-8H,4-6H2,1-3H3. The zero-order valence-electron chi connectivity index (χ0n) is 13.0. The van der Waals surface area contributed by atoms with Crippen molar-refractivity contribution in [2.45, 2.75) is 51.0 Å². The Balaban J connectivity index is 2.58. The molecule has 0 saturated heterocycles. The molecule has 0 N–H and O–H groups in total. The van der Waals surface area contributed by atoms with Gasteiger partial charge in [0.05, 0.1) is 0 Å². The molecule has 2 rings (SSSR count). The van der Waals surface area contributed by atoms with Crippen molar-refractivity contribution >= 4 is 15.9 Å². The number of rotatable bonds is 3. The van der Waals surface area contributed by atoms with Crippen molar-refractivity contribution in [3.05, 3.63) is 28.8 Å². The van der Waals surface area contributed by atoms with Gasteiger partial charge in [0.15, 0.2) is 0 Å². The Hall–Kier alpha value is -1.57. The van der Waals surface area contributed by atoms with Gasteiger partial charge in [-0.05, 0) is 49.4 Å². The van der Waals surface area contributed by atoms with Crippen molar-refractivity contribution in [2.24, 2.45) is 0 Å². The highest BCUT2D eigenvalue weighted by Gasteiger charge is 2.49. The van der Waals surface area contributed by atoms with E-state index in [0.29, 0.717) is 30.4 Å². The first-order valence-electron chi connectivity index (χ1n) is 7.10. The predicted octanol–water partition coefficient (Wildman–Crippen LogP) is 3.27. The normalized spacial score (nSPS) is 17.7. The third-order valence-corrected chi connectivity index (χ3v) is 5.11. The van der Waals surface area contributed by atoms with Gasteiger partial charge >= 0.3 is 15.6 Å². The smallest absolute Gasteiger partial charge is 0.376 e. The van der Waals surface area contributed by atoms with Crippen LogP contribution in [0.25, 0.3) is 0 Å². The minimum absolute atomic E-state index is 0.0427. The van der Waals surface area contributed by atoms with Crippen molar-refractivity contribution in [1.82, 2.24) is 0 Å². The Bertz CT molecular complexity index is 749. The molecular weight excluding hydrogens is 333 g/mol. The van der Waals surface area contributed by atoms with E-state index in [1.807, 2.05) is 0 Å². The Labute approximate surface area is 132 Å². The molecule has 0 aromatic heterocycles. The van der Waals surface area contributed by atoms with Crippen molar-refractivity contribution in [2.75, 3.05) is 0 Å². The van der Waals surface area contributed by atoms with E-state index < -0.39 is 21.0 Å². The molecule has 1 aliphatic carbocycles. The summed E-state index contributed by atoms with van der Waals surface area (Å²) in [7, 11) is -5.75. The minimum Gasteiger partial charge on any atom is -0.376 e. The number of carbonyl (C=O) groups is 1. The minimum atomic E-state index is -5.75. The topological polar surface area (TPSA) is 60.4 Å². The van der Waals surface area contributed by atoms with Gasteiger partial charge in [-0.25, -0.2) is 0 Å². The average molecular weight is 350 g/mol. The highest BCUT2D eigenvalue weighted by Crippen LogP contribution is 2.39. The predicted molar refractivity (Wildman–Crippen MR) is 77.8 cm³/mol. The van der Waals surface area contributed by atoms with E-state index >= 15 is 0 Å². The van der Waals surface area contributed by atoms with Crippen LogP contribution in [0.4, 0.5) is 13.2 Å². The summed E-state index contributed by atoms with van der Waals surface area (Å²) in [6.45, 7) is 5.02. The van der Waals surface area contributed by atoms with Gasteiger partial charge < -0.3 is 4.18 Å². The lowest BCUT2D eigenvalue weighted by atomic mass is 9.71. The Morgan fingerprint density at radius 2 is 1.83 bits per heavy atom. The number of aryl methyl sites for hydroxylation is 2. The van der Waals surface area contributed by atoms with Crippen LogP contribution in [0.3, 0.4) is 0 Å². The second-order valence-corrected chi connectivity index (χ2v) is 7.54. The van der Waals surface area contributed by atoms with E-state index in [1.54, 1.807) is 26.8 Å². The van der Waals surface area contributed by atoms with Crippen molar-refractivity contribution in [3.63, 3.8) is 0 Å². The fourth-order valence-electron chi connectivity index (χ4n) is 2.69. The fourth-order valence-corrected chi connectivity index (χ4v) is 3.18. The summed E-state index contributed by atoms with van der Waals surface area (Å²) in [6.07, 6.45) is 1.14. The number of Topliss-reactive ketones (excluding diaryl/α,β-unsaturated/α-hetero) is 1. The Morgan fingerprint density at radius 3 is 2.35 bits per heavy atom. The zero-order valence-corrected chi connectivity index (χ0v) is 13.8. The van der Waals surface area contributed by atoms with Crippen LogP contribution in [0.5, 0.6) is 5.75 Å². The van der Waals surface area contributed by atoms with Gasteiger partial charge in [0.1, 0.15) is 11.5 Å². The molecule has 0 spiro atoms. The van der Waals surface area contributed by atoms with E-state index in [-0.39, 0.29) is 11.5 Å². The number of carbonyl (C=O) groups excluding carboxylic acids is 1. The molecule has 0 aliphatic heterocycles. The summed E-state index contributed by atoms with van der Waals surface area (Å²) >= 11 is 0. The number of halogens is 3. The number of ketones is 1. The Morgan fingerprint density at radius 1 is 1.22 bits per heavy atom. The van der Waals surface area contributed by atoms with Gasteiger partial charge in [-0.3, -0.25) is 4.79 Å². The van der Waals surface area contributed by atoms with Crippen molar-refractivity contribution in [1.29, 1.82) is 0 Å². The zero-order chi connectivity index (χ0) is 17.6. The highest BCUT2D eigenvalue weighted by atomic mass is 32.2. The summed E-state index contributed by atoms with van der Waals surface area (Å²) in [5.74, 6) is -0.412. The monoisotopic (exact) mass is 350 g/mol. The molecule has 0 unspecified atom stereocenters. The van der Waals surface area contributed by atoms with E-state index in [4.69, 9.17) is 0 Å². The lowest BCUT2D eigenvalue weighted by Gasteiger charge is -2.32. The van der Waals surface area contributed by atoms with Crippen LogP contribution >= 0.6 is 0 Å². The van der Waals surface area contributed by atoms with E-state index in [0.717, 1.165) is 5.56 Å². The van der Waals surface area contributed by atoms with Crippen molar-refractivity contribution < 1.29 is 30.6 Å². The van der Waals surface area contributed by atoms with Gasteiger partial charge in [0, 0.05) is 11.8 Å². The van der Waals surface area contributed by atoms with Gasteiger partial charge in [-0.1, -0.05) is 13.0 Å². The van der Waals surface area contributed by atoms with Crippen LogP contribution in [-0.4, -0.2) is 19.7 Å². The van der Waals surface area contributed by atoms with Crippen LogP contribution in [0.1, 0.15) is 43.9 Å². The fraction of sp³-hybridized carbons (Fsp3) is 0.533. The average Bonchev–Trinajstić information content (AvgIpc) is 2.42. The summed E-state index contributed by atoms with van der Waals surface area (Å²) in [6, 6.07) is 2.89. The third-order valence-electron chi connectivity index (χ3n) is 4.14. The first kappa shape index (κ1) is 17.8. The third kappa shape index (κ3) is 3.08. The molecule has 0 atom stereocenters. The van der Waals surface area contributed by atoms with Gasteiger partial charge in [0.2, 0.25) is 0 Å². The number of hydrogen-bond acceptors (Lipinski definition) is 4. The summed E-state index contributed by atoms with van der Waals surface area (Å²) in [5, 5.41) is 0. The quantitative estimate of drug-likeness (QED) is 0.620. The van der Waals surface area contributed by atoms with Crippen LogP contribution in [0, 0.1) is 0 Å². The van der Waals surface area contributed by atoms with Crippen LogP contribution < -0.4 is 4.18 Å². The number of alkyl halides is 3. The first-order valence-corrected chi connectivity index (χ1v) is 8.51. The lowest BCUT2D eigenvalue weighted by molar-refractivity contribution is -0.124. The molecule has 0 saturated carbocycles. The molecule has 4 nitrogen and oxygen atoms in total. The maximum atomic E-state index is 12.5. The van der Waals surface area contributed by atoms with E-state index in [1.165, 1.54) is 6.07 Å². The van der Waals surface area contributed by atoms with Gasteiger partial charge in [-0.2, -0.15) is 21.6 Å². The molecule has 1 aromatic carbocycles. The molecule has 1 aliphatic rings. The summed E-state index contributed by atoms with van der Waals surface area (Å²) < 4.78 is 64.5. The molecular formula is C15H17F3O4S. The van der Waals surface area contributed by atoms with Crippen molar-refractivity contribution in [3.8, 4) is 5.75 Å². The number of fused-ring (bicyclic) bond motifs is 1. The molecule has 8 heteroatoms. The molecule has 0 bridgehead atoms. The molecule has 0 heterocycles. The number of benzene rings is 1. The lowest BCUT2D eigenvalue weighted by Crippen LogP contribution is -2.35. The second kappa shape index (κ2) is 5.51. The number of hydrogen-bond donors (Lipinski definition) is 0. The molecule has 128 valence electrons. The maximum Gasteiger partial charge on any atom is 0.534 e. The molecule has 1 aromatic rings. The first-order chi connectivity index (χ1) is 10.4. The van der Waals surface area contributed by atoms with E-state index in [9.17, 15) is 26.4 Å². The highest BCUT2D eigenvalue weighted by molar-refractivity contribution is 7.88. The SMILES string of the molecule is CCc1cc2c(cc1OS(=O)(=O)C(F)(F)F)C(C)(C)C(=O)CC2. The molecule has 0 fully saturated rings. The van der Waals surface area contributed by atoms with Gasteiger partial charge in [-0.15, -0.1) is 0 Å². The largest absolute Gasteiger partial charge is 0.534 e. The molecule has 0 amide bonds. The molecule has 23 heavy (non-hydrogen) atoms. The van der Waals surface area contributed by atoms with Crippen LogP contribution in [0.15, 0.2) is 12.1 Å².